The molecule has 1 aromatic rings. The second kappa shape index (κ2) is 10.2. The van der Waals surface area contributed by atoms with Crippen LogP contribution < -0.4 is 10.1 Å². The van der Waals surface area contributed by atoms with Crippen molar-refractivity contribution in [1.29, 1.82) is 0 Å². The van der Waals surface area contributed by atoms with Crippen LogP contribution in [-0.2, 0) is 14.3 Å². The molecule has 0 spiro atoms. The molecule has 162 valence electrons. The number of hydrogen-bond donors (Lipinski definition) is 1. The third-order valence-corrected chi connectivity index (χ3v) is 6.12. The van der Waals surface area contributed by atoms with Crippen molar-refractivity contribution in [1.82, 2.24) is 5.32 Å². The Bertz CT molecular complexity index is 872. The second-order valence-corrected chi connectivity index (χ2v) is 9.20. The van der Waals surface area contributed by atoms with E-state index >= 15 is 0 Å². The van der Waals surface area contributed by atoms with Crippen LogP contribution in [0.25, 0.3) is 0 Å². The number of rotatable bonds is 8. The van der Waals surface area contributed by atoms with Crippen LogP contribution in [0.4, 0.5) is 0 Å². The molecule has 0 amide bonds. The lowest BCUT2D eigenvalue weighted by atomic mass is 9.75. The number of carbonyl (C=O) groups is 2. The number of ether oxygens (including phenoxy) is 2. The molecule has 5 nitrogen and oxygen atoms in total. The van der Waals surface area contributed by atoms with Gasteiger partial charge in [-0.1, -0.05) is 25.1 Å². The Morgan fingerprint density at radius 2 is 2.03 bits per heavy atom. The van der Waals surface area contributed by atoms with Crippen LogP contribution in [0.5, 0.6) is 5.75 Å². The van der Waals surface area contributed by atoms with Crippen LogP contribution in [0.3, 0.4) is 0 Å². The highest BCUT2D eigenvalue weighted by Crippen LogP contribution is 2.45. The number of benzene rings is 1. The molecule has 0 unspecified atom stereocenters. The van der Waals surface area contributed by atoms with E-state index in [1.807, 2.05) is 45.0 Å². The maximum absolute atomic E-state index is 13.2. The van der Waals surface area contributed by atoms with Gasteiger partial charge in [0.2, 0.25) is 0 Å². The van der Waals surface area contributed by atoms with Crippen LogP contribution in [0.1, 0.15) is 58.4 Å². The van der Waals surface area contributed by atoms with E-state index in [9.17, 15) is 9.59 Å². The maximum atomic E-state index is 13.2. The first-order valence-electron chi connectivity index (χ1n) is 10.7. The first kappa shape index (κ1) is 22.5. The Morgan fingerprint density at radius 1 is 1.27 bits per heavy atom. The van der Waals surface area contributed by atoms with Gasteiger partial charge in [-0.15, -0.1) is 0 Å². The molecule has 0 fully saturated rings. The molecule has 3 rings (SSSR count). The number of ketones is 1. The molecule has 2 aliphatic rings. The largest absolute Gasteiger partial charge is 0.491 e. The number of carbonyl (C=O) groups excluding carboxylic acids is 2. The van der Waals surface area contributed by atoms with Gasteiger partial charge in [-0.3, -0.25) is 4.79 Å². The van der Waals surface area contributed by atoms with Crippen LogP contribution in [0, 0.1) is 0 Å². The zero-order valence-electron chi connectivity index (χ0n) is 18.2. The van der Waals surface area contributed by atoms with E-state index in [1.165, 1.54) is 0 Å². The van der Waals surface area contributed by atoms with Crippen LogP contribution in [0.2, 0.25) is 0 Å². The Morgan fingerprint density at radius 3 is 2.77 bits per heavy atom. The number of nitrogens with one attached hydrogen (secondary N) is 1. The highest BCUT2D eigenvalue weighted by molar-refractivity contribution is 7.99. The third-order valence-electron chi connectivity index (χ3n) is 5.25. The van der Waals surface area contributed by atoms with E-state index in [-0.39, 0.29) is 17.9 Å². The molecule has 1 aliphatic heterocycles. The van der Waals surface area contributed by atoms with Gasteiger partial charge in [0, 0.05) is 34.7 Å². The fourth-order valence-electron chi connectivity index (χ4n) is 4.06. The van der Waals surface area contributed by atoms with Crippen molar-refractivity contribution in [2.45, 2.75) is 59.0 Å². The highest BCUT2D eigenvalue weighted by Gasteiger charge is 2.40. The highest BCUT2D eigenvalue weighted by atomic mass is 32.2. The van der Waals surface area contributed by atoms with Crippen molar-refractivity contribution in [2.75, 3.05) is 18.1 Å². The van der Waals surface area contributed by atoms with Gasteiger partial charge in [0.05, 0.1) is 17.6 Å². The van der Waals surface area contributed by atoms with Gasteiger partial charge in [0.15, 0.2) is 5.78 Å². The SMILES string of the molecule is CCSCCOC(=O)C1=C(C)NC2=C(C(=O)CCC2)[C@@H]1c1ccccc1OC(C)C. The zero-order valence-corrected chi connectivity index (χ0v) is 19.1. The summed E-state index contributed by atoms with van der Waals surface area (Å²) in [5.41, 5.74) is 3.70. The molecule has 0 bridgehead atoms. The van der Waals surface area contributed by atoms with Gasteiger partial charge < -0.3 is 14.8 Å². The molecular weight excluding hydrogens is 398 g/mol. The van der Waals surface area contributed by atoms with Crippen molar-refractivity contribution in [3.05, 3.63) is 52.4 Å². The maximum Gasteiger partial charge on any atom is 0.336 e. The number of thioether (sulfide) groups is 1. The summed E-state index contributed by atoms with van der Waals surface area (Å²) in [7, 11) is 0. The number of Topliss-reactive ketones (excluding diaryl/α,β-unsaturated/α-hetero) is 1. The first-order chi connectivity index (χ1) is 14.4. The van der Waals surface area contributed by atoms with E-state index in [2.05, 4.69) is 12.2 Å². The Balaban J connectivity index is 2.05. The second-order valence-electron chi connectivity index (χ2n) is 7.80. The van der Waals surface area contributed by atoms with E-state index in [4.69, 9.17) is 9.47 Å². The first-order valence-corrected chi connectivity index (χ1v) is 11.8. The van der Waals surface area contributed by atoms with Crippen LogP contribution in [0.15, 0.2) is 46.8 Å². The summed E-state index contributed by atoms with van der Waals surface area (Å²) >= 11 is 1.73. The third kappa shape index (κ3) is 4.91. The summed E-state index contributed by atoms with van der Waals surface area (Å²) < 4.78 is 11.7. The molecule has 1 heterocycles. The molecule has 1 aliphatic carbocycles. The lowest BCUT2D eigenvalue weighted by Gasteiger charge is -2.35. The molecule has 0 aromatic heterocycles. The summed E-state index contributed by atoms with van der Waals surface area (Å²) in [6.45, 7) is 8.26. The summed E-state index contributed by atoms with van der Waals surface area (Å²) in [5.74, 6) is 1.68. The summed E-state index contributed by atoms with van der Waals surface area (Å²) in [5, 5.41) is 3.33. The number of hydrogen-bond acceptors (Lipinski definition) is 6. The standard InChI is InChI=1S/C24H31NO4S/c1-5-30-14-13-28-24(27)21-16(4)25-18-10-8-11-19(26)23(18)22(21)17-9-6-7-12-20(17)29-15(2)3/h6-7,9,12,15,22,25H,5,8,10-11,13-14H2,1-4H3/t22-/m1/s1. The monoisotopic (exact) mass is 429 g/mol. The molecule has 0 saturated heterocycles. The van der Waals surface area contributed by atoms with Gasteiger partial charge in [0.1, 0.15) is 12.4 Å². The quantitative estimate of drug-likeness (QED) is 0.476. The molecule has 1 atom stereocenters. The van der Waals surface area contributed by atoms with Crippen molar-refractivity contribution < 1.29 is 19.1 Å². The summed E-state index contributed by atoms with van der Waals surface area (Å²) in [6, 6.07) is 7.69. The summed E-state index contributed by atoms with van der Waals surface area (Å²) in [6.07, 6.45) is 2.11. The molecule has 0 saturated carbocycles. The Hall–Kier alpha value is -2.21. The van der Waals surface area contributed by atoms with E-state index in [0.717, 1.165) is 41.3 Å². The molecule has 30 heavy (non-hydrogen) atoms. The van der Waals surface area contributed by atoms with Gasteiger partial charge in [-0.2, -0.15) is 11.8 Å². The molecular formula is C24H31NO4S. The molecule has 0 radical (unpaired) electrons. The molecule has 1 aromatic carbocycles. The van der Waals surface area contributed by atoms with Gasteiger partial charge in [-0.05, 0) is 45.4 Å². The fraction of sp³-hybridized carbons (Fsp3) is 0.500. The number of dihydropyridines is 1. The lowest BCUT2D eigenvalue weighted by Crippen LogP contribution is -2.34. The Kier molecular flexibility index (Phi) is 7.64. The van der Waals surface area contributed by atoms with Gasteiger partial charge >= 0.3 is 5.97 Å². The van der Waals surface area contributed by atoms with Gasteiger partial charge in [0.25, 0.3) is 0 Å². The van der Waals surface area contributed by atoms with Gasteiger partial charge in [-0.25, -0.2) is 4.79 Å². The fourth-order valence-corrected chi connectivity index (χ4v) is 4.55. The smallest absolute Gasteiger partial charge is 0.336 e. The Labute approximate surface area is 183 Å². The van der Waals surface area contributed by atoms with Crippen molar-refractivity contribution in [2.24, 2.45) is 0 Å². The number of esters is 1. The van der Waals surface area contributed by atoms with E-state index in [1.54, 1.807) is 11.8 Å². The number of allylic oxidation sites excluding steroid dienone is 3. The predicted octanol–water partition coefficient (Wildman–Crippen LogP) is 4.74. The van der Waals surface area contributed by atoms with Crippen molar-refractivity contribution >= 4 is 23.5 Å². The lowest BCUT2D eigenvalue weighted by molar-refractivity contribution is -0.138. The number of para-hydroxylation sites is 1. The van der Waals surface area contributed by atoms with Crippen molar-refractivity contribution in [3.8, 4) is 5.75 Å². The van der Waals surface area contributed by atoms with E-state index in [0.29, 0.717) is 29.9 Å². The minimum absolute atomic E-state index is 0.0186. The molecule has 6 heteroatoms. The van der Waals surface area contributed by atoms with Crippen LogP contribution in [-0.4, -0.2) is 36.0 Å². The average Bonchev–Trinajstić information content (AvgIpc) is 2.70. The molecule has 1 N–H and O–H groups in total. The minimum atomic E-state index is -0.477. The predicted molar refractivity (Wildman–Crippen MR) is 121 cm³/mol. The zero-order chi connectivity index (χ0) is 21.7. The summed E-state index contributed by atoms with van der Waals surface area (Å²) in [4.78, 5) is 26.2. The minimum Gasteiger partial charge on any atom is -0.491 e. The average molecular weight is 430 g/mol. The van der Waals surface area contributed by atoms with Crippen LogP contribution >= 0.6 is 11.8 Å². The van der Waals surface area contributed by atoms with E-state index < -0.39 is 5.92 Å². The topological polar surface area (TPSA) is 64.6 Å². The normalized spacial score (nSPS) is 19.0. The van der Waals surface area contributed by atoms with Crippen molar-refractivity contribution in [3.63, 3.8) is 0 Å².